The number of benzene rings is 1. The van der Waals surface area contributed by atoms with Gasteiger partial charge in [-0.2, -0.15) is 4.98 Å². The van der Waals surface area contributed by atoms with Gasteiger partial charge in [0.15, 0.2) is 5.82 Å². The number of anilines is 1. The second-order valence-corrected chi connectivity index (χ2v) is 6.03. The van der Waals surface area contributed by atoms with Crippen LogP contribution < -0.4 is 5.32 Å². The van der Waals surface area contributed by atoms with Crippen molar-refractivity contribution in [1.29, 1.82) is 0 Å². The monoisotopic (exact) mass is 303 g/mol. The van der Waals surface area contributed by atoms with E-state index in [4.69, 9.17) is 9.26 Å². The minimum absolute atomic E-state index is 0.244. The number of hydrogen-bond donors (Lipinski definition) is 1. The standard InChI is InChI=1S/C16H18FN3O2/c17-12-5-1-10(2-6-12)9-14-19-16(22-20-14)18-13-7-8-21-15(13)11-3-4-11/h1-2,5-6,11,13,15H,3-4,7-9H2,(H,18,19,20). The summed E-state index contributed by atoms with van der Waals surface area (Å²) >= 11 is 0. The number of halogens is 1. The zero-order valence-corrected chi connectivity index (χ0v) is 12.2. The van der Waals surface area contributed by atoms with E-state index in [2.05, 4.69) is 15.5 Å². The molecular formula is C16H18FN3O2. The predicted octanol–water partition coefficient (Wildman–Crippen LogP) is 2.78. The maximum Gasteiger partial charge on any atom is 0.321 e. The van der Waals surface area contributed by atoms with Gasteiger partial charge in [-0.15, -0.1) is 0 Å². The first-order chi connectivity index (χ1) is 10.8. The Morgan fingerprint density at radius 2 is 2.00 bits per heavy atom. The summed E-state index contributed by atoms with van der Waals surface area (Å²) in [6, 6.07) is 7.03. The molecule has 2 aliphatic rings. The van der Waals surface area contributed by atoms with E-state index in [1.165, 1.54) is 25.0 Å². The van der Waals surface area contributed by atoms with Gasteiger partial charge in [0, 0.05) is 13.0 Å². The third kappa shape index (κ3) is 2.97. The minimum Gasteiger partial charge on any atom is -0.376 e. The summed E-state index contributed by atoms with van der Waals surface area (Å²) in [5, 5.41) is 7.28. The summed E-state index contributed by atoms with van der Waals surface area (Å²) in [6.07, 6.45) is 4.27. The van der Waals surface area contributed by atoms with Crippen molar-refractivity contribution < 1.29 is 13.7 Å². The fourth-order valence-electron chi connectivity index (χ4n) is 2.98. The summed E-state index contributed by atoms with van der Waals surface area (Å²) in [5.74, 6) is 1.03. The van der Waals surface area contributed by atoms with E-state index in [-0.39, 0.29) is 18.0 Å². The topological polar surface area (TPSA) is 60.2 Å². The van der Waals surface area contributed by atoms with Crippen molar-refractivity contribution in [3.05, 3.63) is 41.5 Å². The zero-order chi connectivity index (χ0) is 14.9. The van der Waals surface area contributed by atoms with E-state index in [9.17, 15) is 4.39 Å². The van der Waals surface area contributed by atoms with Crippen molar-refractivity contribution in [2.45, 2.75) is 37.8 Å². The molecule has 2 aromatic rings. The SMILES string of the molecule is Fc1ccc(Cc2noc(NC3CCOC3C3CC3)n2)cc1. The summed E-state index contributed by atoms with van der Waals surface area (Å²) in [6.45, 7) is 0.787. The Balaban J connectivity index is 1.39. The fraction of sp³-hybridized carbons (Fsp3) is 0.500. The van der Waals surface area contributed by atoms with Crippen LogP contribution in [0.5, 0.6) is 0 Å². The van der Waals surface area contributed by atoms with Crippen LogP contribution in [0.4, 0.5) is 10.4 Å². The number of ether oxygens (including phenoxy) is 1. The summed E-state index contributed by atoms with van der Waals surface area (Å²) in [5.41, 5.74) is 0.953. The highest BCUT2D eigenvalue weighted by molar-refractivity contribution is 5.25. The van der Waals surface area contributed by atoms with E-state index in [0.717, 1.165) is 18.6 Å². The zero-order valence-electron chi connectivity index (χ0n) is 12.2. The summed E-state index contributed by atoms with van der Waals surface area (Å²) in [4.78, 5) is 4.37. The van der Waals surface area contributed by atoms with Crippen molar-refractivity contribution in [2.75, 3.05) is 11.9 Å². The molecule has 5 nitrogen and oxygen atoms in total. The van der Waals surface area contributed by atoms with Crippen molar-refractivity contribution in [2.24, 2.45) is 5.92 Å². The highest BCUT2D eigenvalue weighted by atomic mass is 19.1. The van der Waals surface area contributed by atoms with Crippen LogP contribution in [0, 0.1) is 11.7 Å². The molecule has 2 fully saturated rings. The Morgan fingerprint density at radius 3 is 2.77 bits per heavy atom. The Kier molecular flexibility index (Phi) is 3.54. The Labute approximate surface area is 127 Å². The van der Waals surface area contributed by atoms with Crippen LogP contribution in [0.15, 0.2) is 28.8 Å². The molecule has 1 saturated carbocycles. The maximum absolute atomic E-state index is 12.9. The van der Waals surface area contributed by atoms with Crippen LogP contribution in [0.3, 0.4) is 0 Å². The van der Waals surface area contributed by atoms with Crippen molar-refractivity contribution in [3.8, 4) is 0 Å². The van der Waals surface area contributed by atoms with Crippen LogP contribution in [0.1, 0.15) is 30.7 Å². The van der Waals surface area contributed by atoms with Gasteiger partial charge in [-0.1, -0.05) is 17.3 Å². The molecule has 1 aromatic heterocycles. The number of nitrogens with zero attached hydrogens (tertiary/aromatic N) is 2. The fourth-order valence-corrected chi connectivity index (χ4v) is 2.98. The first-order valence-corrected chi connectivity index (χ1v) is 7.73. The van der Waals surface area contributed by atoms with Gasteiger partial charge < -0.3 is 14.6 Å². The van der Waals surface area contributed by atoms with E-state index in [1.807, 2.05) is 0 Å². The van der Waals surface area contributed by atoms with E-state index < -0.39 is 0 Å². The van der Waals surface area contributed by atoms with Gasteiger partial charge in [-0.05, 0) is 42.9 Å². The van der Waals surface area contributed by atoms with E-state index >= 15 is 0 Å². The molecule has 4 rings (SSSR count). The number of rotatable bonds is 5. The van der Waals surface area contributed by atoms with Gasteiger partial charge in [-0.25, -0.2) is 4.39 Å². The predicted molar refractivity (Wildman–Crippen MR) is 78.0 cm³/mol. The third-order valence-electron chi connectivity index (χ3n) is 4.27. The van der Waals surface area contributed by atoms with Crippen LogP contribution in [-0.2, 0) is 11.2 Å². The van der Waals surface area contributed by atoms with Crippen LogP contribution in [0.25, 0.3) is 0 Å². The Hall–Kier alpha value is -1.95. The normalized spacial score (nSPS) is 24.6. The van der Waals surface area contributed by atoms with Crippen molar-refractivity contribution >= 4 is 6.01 Å². The Morgan fingerprint density at radius 1 is 1.18 bits per heavy atom. The lowest BCUT2D eigenvalue weighted by molar-refractivity contribution is 0.0894. The molecule has 1 aliphatic heterocycles. The van der Waals surface area contributed by atoms with E-state index in [1.54, 1.807) is 12.1 Å². The lowest BCUT2D eigenvalue weighted by Crippen LogP contribution is -2.31. The minimum atomic E-state index is -0.244. The molecule has 2 atom stereocenters. The molecule has 2 heterocycles. The number of nitrogens with one attached hydrogen (secondary N) is 1. The number of hydrogen-bond acceptors (Lipinski definition) is 5. The van der Waals surface area contributed by atoms with Gasteiger partial charge in [-0.3, -0.25) is 0 Å². The van der Waals surface area contributed by atoms with Crippen molar-refractivity contribution in [3.63, 3.8) is 0 Å². The molecule has 0 amide bonds. The molecule has 0 radical (unpaired) electrons. The highest BCUT2D eigenvalue weighted by Crippen LogP contribution is 2.39. The molecule has 1 aromatic carbocycles. The molecule has 1 saturated heterocycles. The molecule has 116 valence electrons. The van der Waals surface area contributed by atoms with Gasteiger partial charge in [0.1, 0.15) is 5.82 Å². The van der Waals surface area contributed by atoms with Crippen LogP contribution in [0.2, 0.25) is 0 Å². The van der Waals surface area contributed by atoms with E-state index in [0.29, 0.717) is 24.2 Å². The summed E-state index contributed by atoms with van der Waals surface area (Å²) < 4.78 is 23.9. The first-order valence-electron chi connectivity index (χ1n) is 7.73. The molecule has 6 heteroatoms. The largest absolute Gasteiger partial charge is 0.376 e. The van der Waals surface area contributed by atoms with Crippen LogP contribution >= 0.6 is 0 Å². The molecular weight excluding hydrogens is 285 g/mol. The second-order valence-electron chi connectivity index (χ2n) is 6.03. The van der Waals surface area contributed by atoms with Crippen molar-refractivity contribution in [1.82, 2.24) is 10.1 Å². The Bertz CT molecular complexity index is 639. The molecule has 1 aliphatic carbocycles. The second kappa shape index (κ2) is 5.68. The lowest BCUT2D eigenvalue weighted by Gasteiger charge is -2.17. The molecule has 1 N–H and O–H groups in total. The maximum atomic E-state index is 12.9. The highest BCUT2D eigenvalue weighted by Gasteiger charge is 2.41. The van der Waals surface area contributed by atoms with Gasteiger partial charge in [0.25, 0.3) is 0 Å². The average Bonchev–Trinajstić information content (AvgIpc) is 3.10. The average molecular weight is 303 g/mol. The third-order valence-corrected chi connectivity index (χ3v) is 4.27. The summed E-state index contributed by atoms with van der Waals surface area (Å²) in [7, 11) is 0. The molecule has 22 heavy (non-hydrogen) atoms. The molecule has 0 spiro atoms. The van der Waals surface area contributed by atoms with Crippen LogP contribution in [-0.4, -0.2) is 28.9 Å². The first kappa shape index (κ1) is 13.7. The van der Waals surface area contributed by atoms with Gasteiger partial charge in [0.2, 0.25) is 0 Å². The quantitative estimate of drug-likeness (QED) is 0.920. The van der Waals surface area contributed by atoms with Gasteiger partial charge >= 0.3 is 6.01 Å². The molecule has 0 bridgehead atoms. The lowest BCUT2D eigenvalue weighted by atomic mass is 10.1. The molecule has 2 unspecified atom stereocenters. The smallest absolute Gasteiger partial charge is 0.321 e. The number of aromatic nitrogens is 2. The van der Waals surface area contributed by atoms with Gasteiger partial charge in [0.05, 0.1) is 12.1 Å².